The van der Waals surface area contributed by atoms with Gasteiger partial charge in [0.1, 0.15) is 5.82 Å². The van der Waals surface area contributed by atoms with Crippen molar-refractivity contribution < 1.29 is 0 Å². The van der Waals surface area contributed by atoms with Gasteiger partial charge in [0.15, 0.2) is 0 Å². The molecule has 27 heavy (non-hydrogen) atoms. The lowest BCUT2D eigenvalue weighted by Gasteiger charge is -2.35. The zero-order valence-corrected chi connectivity index (χ0v) is 16.7. The Bertz CT molecular complexity index is 1170. The summed E-state index contributed by atoms with van der Waals surface area (Å²) in [4.78, 5) is 25.3. The molecule has 1 aliphatic rings. The first kappa shape index (κ1) is 17.1. The third-order valence-electron chi connectivity index (χ3n) is 4.95. The van der Waals surface area contributed by atoms with Crippen molar-refractivity contribution in [1.82, 2.24) is 14.9 Å². The molecule has 1 atom stereocenters. The fourth-order valence-electron chi connectivity index (χ4n) is 3.75. The first-order valence-corrected chi connectivity index (χ1v) is 10.8. The number of nitrogens with one attached hydrogen (secondary N) is 1. The van der Waals surface area contributed by atoms with E-state index in [-0.39, 0.29) is 11.6 Å². The smallest absolute Gasteiger partial charge is 0.258 e. The van der Waals surface area contributed by atoms with Crippen molar-refractivity contribution in [3.63, 3.8) is 0 Å². The van der Waals surface area contributed by atoms with Crippen LogP contribution < -0.4 is 5.56 Å². The number of aromatic amines is 1. The minimum Gasteiger partial charge on any atom is -0.309 e. The van der Waals surface area contributed by atoms with Crippen LogP contribution in [-0.2, 0) is 13.0 Å². The summed E-state index contributed by atoms with van der Waals surface area (Å²) >= 11 is 9.62. The van der Waals surface area contributed by atoms with Crippen LogP contribution in [0.15, 0.2) is 52.0 Å². The van der Waals surface area contributed by atoms with E-state index < -0.39 is 0 Å². The van der Waals surface area contributed by atoms with Gasteiger partial charge in [0, 0.05) is 21.3 Å². The molecular weight excluding hydrogens is 398 g/mol. The normalized spacial score (nSPS) is 17.3. The van der Waals surface area contributed by atoms with Crippen molar-refractivity contribution in [3.05, 3.63) is 83.7 Å². The average Bonchev–Trinajstić information content (AvgIpc) is 3.34. The molecule has 1 unspecified atom stereocenters. The molecule has 4 heterocycles. The lowest BCUT2D eigenvalue weighted by molar-refractivity contribution is 0.204. The number of hydrogen-bond acceptors (Lipinski definition) is 5. The molecule has 3 aromatic heterocycles. The number of benzene rings is 1. The highest BCUT2D eigenvalue weighted by Gasteiger charge is 2.30. The molecule has 4 nitrogen and oxygen atoms in total. The predicted molar refractivity (Wildman–Crippen MR) is 112 cm³/mol. The summed E-state index contributed by atoms with van der Waals surface area (Å²) < 4.78 is 0. The summed E-state index contributed by atoms with van der Waals surface area (Å²) in [5.74, 6) is 0.690. The molecule has 4 aromatic rings. The minimum atomic E-state index is -0.140. The van der Waals surface area contributed by atoms with E-state index in [1.807, 2.05) is 11.3 Å². The van der Waals surface area contributed by atoms with Crippen LogP contribution in [0.3, 0.4) is 0 Å². The topological polar surface area (TPSA) is 49.0 Å². The Morgan fingerprint density at radius 2 is 2.15 bits per heavy atom. The molecule has 0 amide bonds. The standard InChI is InChI=1S/C20H16ClN3OS2/c21-12-3-4-15-14(10-12)20(25)23-18(22-15)11-24-7-5-16-13(6-9-27-16)19(24)17-2-1-8-26-17/h1-4,6,8-10,19H,5,7,11H2,(H,22,23,25). The van der Waals surface area contributed by atoms with Crippen molar-refractivity contribution in [2.24, 2.45) is 0 Å². The monoisotopic (exact) mass is 413 g/mol. The maximum atomic E-state index is 12.5. The van der Waals surface area contributed by atoms with Gasteiger partial charge in [0.05, 0.1) is 23.5 Å². The fraction of sp³-hybridized carbons (Fsp3) is 0.200. The van der Waals surface area contributed by atoms with E-state index in [4.69, 9.17) is 11.6 Å². The molecule has 1 aromatic carbocycles. The number of nitrogens with zero attached hydrogens (tertiary/aromatic N) is 2. The lowest BCUT2D eigenvalue weighted by Crippen LogP contribution is -2.35. The number of fused-ring (bicyclic) bond motifs is 2. The van der Waals surface area contributed by atoms with Gasteiger partial charge in [-0.25, -0.2) is 4.98 Å². The third-order valence-corrected chi connectivity index (χ3v) is 7.10. The highest BCUT2D eigenvalue weighted by Crippen LogP contribution is 2.39. The molecule has 7 heteroatoms. The molecular formula is C20H16ClN3OS2. The van der Waals surface area contributed by atoms with Gasteiger partial charge in [-0.15, -0.1) is 22.7 Å². The quantitative estimate of drug-likeness (QED) is 0.522. The Kier molecular flexibility index (Phi) is 4.36. The summed E-state index contributed by atoms with van der Waals surface area (Å²) in [6, 6.07) is 12.0. The van der Waals surface area contributed by atoms with Gasteiger partial charge in [0.2, 0.25) is 0 Å². The summed E-state index contributed by atoms with van der Waals surface area (Å²) in [5.41, 5.74) is 1.92. The Morgan fingerprint density at radius 1 is 1.22 bits per heavy atom. The Hall–Kier alpha value is -1.99. The second-order valence-electron chi connectivity index (χ2n) is 6.61. The van der Waals surface area contributed by atoms with Crippen LogP contribution in [0.1, 0.15) is 27.2 Å². The zero-order valence-electron chi connectivity index (χ0n) is 14.3. The van der Waals surface area contributed by atoms with Crippen LogP contribution in [0.4, 0.5) is 0 Å². The molecule has 0 spiro atoms. The van der Waals surface area contributed by atoms with E-state index in [9.17, 15) is 4.79 Å². The van der Waals surface area contributed by atoms with Crippen molar-refractivity contribution in [2.75, 3.05) is 6.54 Å². The molecule has 0 fully saturated rings. The SMILES string of the molecule is O=c1[nH]c(CN2CCc3sccc3C2c2cccs2)nc2ccc(Cl)cc12. The first-order chi connectivity index (χ1) is 13.2. The minimum absolute atomic E-state index is 0.140. The van der Waals surface area contributed by atoms with Gasteiger partial charge in [-0.1, -0.05) is 17.7 Å². The Balaban J connectivity index is 1.54. The lowest BCUT2D eigenvalue weighted by atomic mass is 9.98. The van der Waals surface area contributed by atoms with Gasteiger partial charge in [0.25, 0.3) is 5.56 Å². The summed E-state index contributed by atoms with van der Waals surface area (Å²) in [6.07, 6.45) is 1.03. The highest BCUT2D eigenvalue weighted by molar-refractivity contribution is 7.10. The van der Waals surface area contributed by atoms with Gasteiger partial charge in [-0.05, 0) is 53.1 Å². The summed E-state index contributed by atoms with van der Waals surface area (Å²) in [6.45, 7) is 1.55. The molecule has 0 aliphatic carbocycles. The Labute approximate surface area is 169 Å². The maximum Gasteiger partial charge on any atom is 0.258 e. The Morgan fingerprint density at radius 3 is 3.00 bits per heavy atom. The molecule has 1 N–H and O–H groups in total. The molecule has 0 radical (unpaired) electrons. The van der Waals surface area contributed by atoms with Crippen molar-refractivity contribution in [3.8, 4) is 0 Å². The molecule has 136 valence electrons. The summed E-state index contributed by atoms with van der Waals surface area (Å²) in [5, 5.41) is 5.36. The van der Waals surface area contributed by atoms with Crippen LogP contribution in [0, 0.1) is 0 Å². The second kappa shape index (κ2) is 6.87. The largest absolute Gasteiger partial charge is 0.309 e. The summed E-state index contributed by atoms with van der Waals surface area (Å²) in [7, 11) is 0. The predicted octanol–water partition coefficient (Wildman–Crippen LogP) is 4.85. The second-order valence-corrected chi connectivity index (χ2v) is 9.03. The average molecular weight is 414 g/mol. The van der Waals surface area contributed by atoms with Crippen LogP contribution in [0.25, 0.3) is 10.9 Å². The number of hydrogen-bond donors (Lipinski definition) is 1. The van der Waals surface area contributed by atoms with Gasteiger partial charge in [-0.2, -0.15) is 0 Å². The molecule has 1 aliphatic heterocycles. The number of thiophene rings is 2. The van der Waals surface area contributed by atoms with E-state index >= 15 is 0 Å². The van der Waals surface area contributed by atoms with Crippen LogP contribution in [0.5, 0.6) is 0 Å². The van der Waals surface area contributed by atoms with E-state index in [1.165, 1.54) is 15.3 Å². The highest BCUT2D eigenvalue weighted by atomic mass is 35.5. The van der Waals surface area contributed by atoms with Crippen molar-refractivity contribution in [1.29, 1.82) is 0 Å². The van der Waals surface area contributed by atoms with Crippen molar-refractivity contribution in [2.45, 2.75) is 19.0 Å². The van der Waals surface area contributed by atoms with E-state index in [0.29, 0.717) is 28.3 Å². The van der Waals surface area contributed by atoms with E-state index in [0.717, 1.165) is 13.0 Å². The molecule has 0 saturated carbocycles. The third kappa shape index (κ3) is 3.12. The maximum absolute atomic E-state index is 12.5. The fourth-order valence-corrected chi connectivity index (χ4v) is 5.70. The number of rotatable bonds is 3. The van der Waals surface area contributed by atoms with Crippen LogP contribution >= 0.6 is 34.3 Å². The molecule has 0 saturated heterocycles. The van der Waals surface area contributed by atoms with Crippen molar-refractivity contribution >= 4 is 45.2 Å². The number of H-pyrrole nitrogens is 1. The first-order valence-electron chi connectivity index (χ1n) is 8.71. The van der Waals surface area contributed by atoms with E-state index in [1.54, 1.807) is 29.5 Å². The van der Waals surface area contributed by atoms with Crippen LogP contribution in [0.2, 0.25) is 5.02 Å². The molecule has 0 bridgehead atoms. The number of aromatic nitrogens is 2. The van der Waals surface area contributed by atoms with Crippen LogP contribution in [-0.4, -0.2) is 21.4 Å². The number of halogens is 1. The van der Waals surface area contributed by atoms with Gasteiger partial charge >= 0.3 is 0 Å². The van der Waals surface area contributed by atoms with Gasteiger partial charge in [-0.3, -0.25) is 9.69 Å². The van der Waals surface area contributed by atoms with Gasteiger partial charge < -0.3 is 4.98 Å². The zero-order chi connectivity index (χ0) is 18.4. The molecule has 5 rings (SSSR count). The van der Waals surface area contributed by atoms with E-state index in [2.05, 4.69) is 43.8 Å².